The van der Waals surface area contributed by atoms with Crippen LogP contribution in [0, 0.1) is 5.82 Å². The minimum Gasteiger partial charge on any atom is -0.255 e. The molecule has 1 N–H and O–H groups in total. The van der Waals surface area contributed by atoms with Crippen LogP contribution in [-0.2, 0) is 16.2 Å². The van der Waals surface area contributed by atoms with E-state index in [1.807, 2.05) is 0 Å². The summed E-state index contributed by atoms with van der Waals surface area (Å²) in [6.45, 7) is 0. The molecule has 0 saturated heterocycles. The molecule has 32 heavy (non-hydrogen) atoms. The first-order chi connectivity index (χ1) is 15.1. The fourth-order valence-electron chi connectivity index (χ4n) is 2.83. The van der Waals surface area contributed by atoms with E-state index in [1.54, 1.807) is 24.4 Å². The molecule has 2 aromatic carbocycles. The lowest BCUT2D eigenvalue weighted by Gasteiger charge is -2.08. The third-order valence-corrected chi connectivity index (χ3v) is 6.86. The first-order valence-electron chi connectivity index (χ1n) is 9.02. The van der Waals surface area contributed by atoms with Crippen molar-refractivity contribution in [2.45, 2.75) is 11.1 Å². The van der Waals surface area contributed by atoms with Gasteiger partial charge in [0.1, 0.15) is 11.5 Å². The lowest BCUT2D eigenvalue weighted by Crippen LogP contribution is -2.13. The smallest absolute Gasteiger partial charge is 0.255 e. The Morgan fingerprint density at radius 3 is 2.19 bits per heavy atom. The Morgan fingerprint density at radius 2 is 1.59 bits per heavy atom. The van der Waals surface area contributed by atoms with Gasteiger partial charge in [0.15, 0.2) is 5.13 Å². The molecular weight excluding hydrogens is 466 g/mol. The molecule has 4 rings (SSSR count). The maximum Gasteiger partial charge on any atom is 0.416 e. The fraction of sp³-hybridized carbons (Fsp3) is 0.0476. The Balaban J connectivity index is 1.72. The SMILES string of the molecule is O=S(=O)(Nc1nc(-c2ccccn2)c(-c2ccc(F)cc2)s1)c1ccc(C(F)(F)F)cc1. The molecule has 0 amide bonds. The van der Waals surface area contributed by atoms with Gasteiger partial charge in [-0.15, -0.1) is 0 Å². The lowest BCUT2D eigenvalue weighted by molar-refractivity contribution is -0.137. The second-order valence-electron chi connectivity index (χ2n) is 6.55. The number of anilines is 1. The number of halogens is 4. The summed E-state index contributed by atoms with van der Waals surface area (Å²) < 4.78 is 79.3. The van der Waals surface area contributed by atoms with Crippen molar-refractivity contribution >= 4 is 26.5 Å². The zero-order valence-electron chi connectivity index (χ0n) is 16.0. The van der Waals surface area contributed by atoms with Gasteiger partial charge in [0.05, 0.1) is 21.0 Å². The Bertz CT molecular complexity index is 1340. The third kappa shape index (κ3) is 4.63. The van der Waals surface area contributed by atoms with Crippen molar-refractivity contribution in [3.8, 4) is 21.8 Å². The summed E-state index contributed by atoms with van der Waals surface area (Å²) in [6, 6.07) is 13.9. The largest absolute Gasteiger partial charge is 0.416 e. The fourth-order valence-corrected chi connectivity index (χ4v) is 5.05. The minimum absolute atomic E-state index is 0.00937. The molecule has 11 heteroatoms. The summed E-state index contributed by atoms with van der Waals surface area (Å²) in [7, 11) is -4.20. The van der Waals surface area contributed by atoms with Gasteiger partial charge >= 0.3 is 6.18 Å². The maximum atomic E-state index is 13.4. The van der Waals surface area contributed by atoms with Crippen molar-refractivity contribution in [3.63, 3.8) is 0 Å². The van der Waals surface area contributed by atoms with Gasteiger partial charge in [-0.05, 0) is 54.1 Å². The number of hydrogen-bond donors (Lipinski definition) is 1. The molecule has 0 aliphatic rings. The Labute approximate surface area is 184 Å². The summed E-state index contributed by atoms with van der Waals surface area (Å²) in [4.78, 5) is 8.78. The third-order valence-electron chi connectivity index (χ3n) is 4.35. The van der Waals surface area contributed by atoms with E-state index in [4.69, 9.17) is 0 Å². The van der Waals surface area contributed by atoms with Crippen molar-refractivity contribution in [2.24, 2.45) is 0 Å². The molecule has 0 saturated carbocycles. The van der Waals surface area contributed by atoms with E-state index in [9.17, 15) is 26.0 Å². The summed E-state index contributed by atoms with van der Waals surface area (Å²) >= 11 is 0.998. The molecule has 0 fully saturated rings. The van der Waals surface area contributed by atoms with E-state index in [2.05, 4.69) is 14.7 Å². The molecule has 0 bridgehead atoms. The Kier molecular flexibility index (Phi) is 5.70. The minimum atomic E-state index is -4.58. The van der Waals surface area contributed by atoms with Crippen LogP contribution >= 0.6 is 11.3 Å². The van der Waals surface area contributed by atoms with Gasteiger partial charge in [-0.2, -0.15) is 13.2 Å². The molecule has 0 aliphatic heterocycles. The highest BCUT2D eigenvalue weighted by Gasteiger charge is 2.31. The Hall–Kier alpha value is -3.31. The van der Waals surface area contributed by atoms with E-state index in [0.717, 1.165) is 23.5 Å². The predicted molar refractivity (Wildman–Crippen MR) is 113 cm³/mol. The molecule has 0 aliphatic carbocycles. The molecule has 0 atom stereocenters. The average molecular weight is 479 g/mol. The number of pyridine rings is 1. The van der Waals surface area contributed by atoms with Gasteiger partial charge in [0.2, 0.25) is 0 Å². The number of nitrogens with one attached hydrogen (secondary N) is 1. The zero-order chi connectivity index (χ0) is 22.9. The van der Waals surface area contributed by atoms with Crippen LogP contribution in [0.25, 0.3) is 21.8 Å². The van der Waals surface area contributed by atoms with Gasteiger partial charge in [-0.25, -0.2) is 17.8 Å². The highest BCUT2D eigenvalue weighted by molar-refractivity contribution is 7.93. The normalized spacial score (nSPS) is 12.0. The molecular formula is C21H13F4N3O2S2. The van der Waals surface area contributed by atoms with Crippen LogP contribution in [0.4, 0.5) is 22.7 Å². The van der Waals surface area contributed by atoms with Crippen molar-refractivity contribution in [1.82, 2.24) is 9.97 Å². The second kappa shape index (κ2) is 8.32. The summed E-state index contributed by atoms with van der Waals surface area (Å²) in [5, 5.41) is -0.00937. The molecule has 2 aromatic heterocycles. The van der Waals surface area contributed by atoms with Crippen molar-refractivity contribution in [3.05, 3.63) is 84.3 Å². The molecule has 0 unspecified atom stereocenters. The number of rotatable bonds is 5. The molecule has 0 spiro atoms. The van der Waals surface area contributed by atoms with Crippen LogP contribution in [0.1, 0.15) is 5.56 Å². The lowest BCUT2D eigenvalue weighted by atomic mass is 10.1. The number of thiazole rings is 1. The van der Waals surface area contributed by atoms with E-state index in [-0.39, 0.29) is 10.0 Å². The number of nitrogens with zero attached hydrogens (tertiary/aromatic N) is 2. The van der Waals surface area contributed by atoms with Crippen LogP contribution in [0.2, 0.25) is 0 Å². The van der Waals surface area contributed by atoms with Crippen LogP contribution in [0.3, 0.4) is 0 Å². The monoisotopic (exact) mass is 479 g/mol. The summed E-state index contributed by atoms with van der Waals surface area (Å²) in [5.74, 6) is -0.430. The average Bonchev–Trinajstić information content (AvgIpc) is 3.17. The standard InChI is InChI=1S/C21H13F4N3O2S2/c22-15-8-4-13(5-9-15)19-18(17-3-1-2-12-26-17)27-20(31-19)28-32(29,30)16-10-6-14(7-11-16)21(23,24)25/h1-12H,(H,27,28). The van der Waals surface area contributed by atoms with Crippen molar-refractivity contribution < 1.29 is 26.0 Å². The first kappa shape index (κ1) is 21.9. The number of alkyl halides is 3. The van der Waals surface area contributed by atoms with Gasteiger partial charge in [0.25, 0.3) is 10.0 Å². The van der Waals surface area contributed by atoms with E-state index in [0.29, 0.717) is 34.0 Å². The van der Waals surface area contributed by atoms with Gasteiger partial charge in [-0.1, -0.05) is 29.5 Å². The summed E-state index contributed by atoms with van der Waals surface area (Å²) in [6.07, 6.45) is -3.03. The van der Waals surface area contributed by atoms with E-state index >= 15 is 0 Å². The second-order valence-corrected chi connectivity index (χ2v) is 9.23. The van der Waals surface area contributed by atoms with Crippen LogP contribution in [-0.4, -0.2) is 18.4 Å². The highest BCUT2D eigenvalue weighted by atomic mass is 32.2. The van der Waals surface area contributed by atoms with E-state index in [1.165, 1.54) is 24.3 Å². The molecule has 4 aromatic rings. The zero-order valence-corrected chi connectivity index (χ0v) is 17.6. The van der Waals surface area contributed by atoms with Crippen LogP contribution in [0.5, 0.6) is 0 Å². The van der Waals surface area contributed by atoms with E-state index < -0.39 is 27.6 Å². The van der Waals surface area contributed by atoms with Crippen molar-refractivity contribution in [1.29, 1.82) is 0 Å². The van der Waals surface area contributed by atoms with Gasteiger partial charge in [-0.3, -0.25) is 9.71 Å². The number of aromatic nitrogens is 2. The molecule has 2 heterocycles. The number of hydrogen-bond acceptors (Lipinski definition) is 5. The van der Waals surface area contributed by atoms with Crippen LogP contribution < -0.4 is 4.72 Å². The molecule has 0 radical (unpaired) electrons. The first-order valence-corrected chi connectivity index (χ1v) is 11.3. The molecule has 164 valence electrons. The highest BCUT2D eigenvalue weighted by Crippen LogP contribution is 2.39. The number of benzene rings is 2. The quantitative estimate of drug-likeness (QED) is 0.366. The topological polar surface area (TPSA) is 72.0 Å². The van der Waals surface area contributed by atoms with Crippen molar-refractivity contribution in [2.75, 3.05) is 4.72 Å². The maximum absolute atomic E-state index is 13.4. The number of sulfonamides is 1. The predicted octanol–water partition coefficient (Wildman–Crippen LogP) is 5.83. The van der Waals surface area contributed by atoms with Gasteiger partial charge in [0, 0.05) is 6.20 Å². The Morgan fingerprint density at radius 1 is 0.906 bits per heavy atom. The van der Waals surface area contributed by atoms with Crippen LogP contribution in [0.15, 0.2) is 77.8 Å². The summed E-state index contributed by atoms with van der Waals surface area (Å²) in [5.41, 5.74) is 0.502. The molecule has 5 nitrogen and oxygen atoms in total. The van der Waals surface area contributed by atoms with Gasteiger partial charge < -0.3 is 0 Å².